The summed E-state index contributed by atoms with van der Waals surface area (Å²) in [5.74, 6) is 0.949. The molecular weight excluding hydrogens is 435 g/mol. The third-order valence-corrected chi connectivity index (χ3v) is 8.55. The fourth-order valence-corrected chi connectivity index (χ4v) is 6.99. The van der Waals surface area contributed by atoms with Crippen LogP contribution in [-0.4, -0.2) is 37.2 Å². The number of amidine groups is 1. The first-order valence-electron chi connectivity index (χ1n) is 8.95. The van der Waals surface area contributed by atoms with Crippen LogP contribution in [0.25, 0.3) is 0 Å². The van der Waals surface area contributed by atoms with Gasteiger partial charge in [0.05, 0.1) is 33.6 Å². The zero-order valence-electron chi connectivity index (χ0n) is 15.5. The Bertz CT molecular complexity index is 1070. The number of fused-ring (bicyclic) bond motifs is 1. The van der Waals surface area contributed by atoms with E-state index in [1.807, 2.05) is 12.1 Å². The third-order valence-electron chi connectivity index (χ3n) is 5.07. The molecule has 0 spiro atoms. The smallest absolute Gasteiger partial charge is 0.164 e. The van der Waals surface area contributed by atoms with Gasteiger partial charge in [0.2, 0.25) is 0 Å². The first kappa shape index (κ1) is 20.1. The van der Waals surface area contributed by atoms with Crippen molar-refractivity contribution in [3.63, 3.8) is 0 Å². The summed E-state index contributed by atoms with van der Waals surface area (Å²) in [4.78, 5) is 6.91. The number of hydrogen-bond acceptors (Lipinski definition) is 5. The minimum atomic E-state index is -3.06. The van der Waals surface area contributed by atoms with E-state index in [-0.39, 0.29) is 23.6 Å². The SMILES string of the molecule is Cc1ccc(N2C(SCc3ccc(Cl)c(Cl)c3)=N[C@@H]3CS(=O)(=O)C[C@H]32)c(C)c1. The van der Waals surface area contributed by atoms with Crippen molar-refractivity contribution in [1.29, 1.82) is 0 Å². The van der Waals surface area contributed by atoms with E-state index >= 15 is 0 Å². The van der Waals surface area contributed by atoms with Crippen LogP contribution in [-0.2, 0) is 15.6 Å². The maximum absolute atomic E-state index is 12.2. The van der Waals surface area contributed by atoms with Crippen molar-refractivity contribution in [2.45, 2.75) is 31.7 Å². The number of aliphatic imine (C=N–C) groups is 1. The second kappa shape index (κ2) is 7.56. The van der Waals surface area contributed by atoms with Gasteiger partial charge in [-0.1, -0.05) is 58.7 Å². The molecule has 2 aromatic carbocycles. The zero-order valence-corrected chi connectivity index (χ0v) is 18.7. The van der Waals surface area contributed by atoms with Gasteiger partial charge in [0.25, 0.3) is 0 Å². The quantitative estimate of drug-likeness (QED) is 0.662. The van der Waals surface area contributed by atoms with Crippen LogP contribution in [0.1, 0.15) is 16.7 Å². The van der Waals surface area contributed by atoms with Crippen LogP contribution < -0.4 is 4.90 Å². The predicted octanol–water partition coefficient (Wildman–Crippen LogP) is 4.89. The summed E-state index contributed by atoms with van der Waals surface area (Å²) in [5, 5.41) is 1.93. The summed E-state index contributed by atoms with van der Waals surface area (Å²) < 4.78 is 24.4. The van der Waals surface area contributed by atoms with Crippen LogP contribution in [0.3, 0.4) is 0 Å². The second-order valence-corrected chi connectivity index (χ2v) is 11.2. The molecule has 0 aliphatic carbocycles. The highest BCUT2D eigenvalue weighted by Crippen LogP contribution is 2.37. The maximum atomic E-state index is 12.2. The number of benzene rings is 2. The van der Waals surface area contributed by atoms with Crippen LogP contribution in [0.15, 0.2) is 41.4 Å². The van der Waals surface area contributed by atoms with Crippen LogP contribution in [0.2, 0.25) is 10.0 Å². The zero-order chi connectivity index (χ0) is 20.1. The Labute approximate surface area is 179 Å². The van der Waals surface area contributed by atoms with E-state index in [0.717, 1.165) is 22.0 Å². The van der Waals surface area contributed by atoms with E-state index in [2.05, 4.69) is 36.9 Å². The maximum Gasteiger partial charge on any atom is 0.164 e. The van der Waals surface area contributed by atoms with Gasteiger partial charge in [-0.3, -0.25) is 4.99 Å². The first-order chi connectivity index (χ1) is 13.2. The monoisotopic (exact) mass is 454 g/mol. The van der Waals surface area contributed by atoms with E-state index in [9.17, 15) is 8.42 Å². The van der Waals surface area contributed by atoms with Gasteiger partial charge in [0.1, 0.15) is 0 Å². The molecular formula is C20H20Cl2N2O2S2. The van der Waals surface area contributed by atoms with Gasteiger partial charge < -0.3 is 4.90 Å². The van der Waals surface area contributed by atoms with Crippen LogP contribution in [0, 0.1) is 13.8 Å². The minimum Gasteiger partial charge on any atom is -0.315 e. The van der Waals surface area contributed by atoms with Crippen molar-refractivity contribution in [2.24, 2.45) is 4.99 Å². The van der Waals surface area contributed by atoms with E-state index < -0.39 is 9.84 Å². The van der Waals surface area contributed by atoms with Gasteiger partial charge in [-0.05, 0) is 43.2 Å². The summed E-state index contributed by atoms with van der Waals surface area (Å²) in [5.41, 5.74) is 4.37. The van der Waals surface area contributed by atoms with Gasteiger partial charge in [-0.25, -0.2) is 8.42 Å². The van der Waals surface area contributed by atoms with Crippen molar-refractivity contribution < 1.29 is 8.42 Å². The molecule has 8 heteroatoms. The van der Waals surface area contributed by atoms with E-state index in [1.54, 1.807) is 17.8 Å². The van der Waals surface area contributed by atoms with E-state index in [1.165, 1.54) is 5.56 Å². The molecule has 0 aromatic heterocycles. The standard InChI is InChI=1S/C20H20Cl2N2O2S2/c1-12-3-6-18(13(2)7-12)24-19-11-28(25,26)10-17(19)23-20(24)27-9-14-4-5-15(21)16(22)8-14/h3-8,17,19H,9-11H2,1-2H3/t17-,19-/m1/s1. The molecule has 2 aromatic rings. The summed E-state index contributed by atoms with van der Waals surface area (Å²) in [6.07, 6.45) is 0. The van der Waals surface area contributed by atoms with Gasteiger partial charge >= 0.3 is 0 Å². The molecule has 4 rings (SSSR count). The molecule has 0 saturated carbocycles. The number of anilines is 1. The molecule has 1 saturated heterocycles. The number of nitrogens with zero attached hydrogens (tertiary/aromatic N) is 2. The second-order valence-electron chi connectivity index (χ2n) is 7.32. The number of hydrogen-bond donors (Lipinski definition) is 0. The summed E-state index contributed by atoms with van der Waals surface area (Å²) >= 11 is 13.7. The molecule has 0 unspecified atom stereocenters. The number of sulfone groups is 1. The largest absolute Gasteiger partial charge is 0.315 e. The molecule has 0 bridgehead atoms. The van der Waals surface area contributed by atoms with Crippen molar-refractivity contribution >= 4 is 55.7 Å². The summed E-state index contributed by atoms with van der Waals surface area (Å²) in [7, 11) is -3.06. The topological polar surface area (TPSA) is 49.7 Å². The molecule has 2 aliphatic heterocycles. The highest BCUT2D eigenvalue weighted by molar-refractivity contribution is 8.13. The molecule has 4 nitrogen and oxygen atoms in total. The lowest BCUT2D eigenvalue weighted by Crippen LogP contribution is -2.39. The first-order valence-corrected chi connectivity index (χ1v) is 12.5. The lowest BCUT2D eigenvalue weighted by atomic mass is 10.1. The van der Waals surface area contributed by atoms with Crippen LogP contribution >= 0.6 is 35.0 Å². The van der Waals surface area contributed by atoms with E-state index in [0.29, 0.717) is 15.8 Å². The summed E-state index contributed by atoms with van der Waals surface area (Å²) in [6.45, 7) is 4.11. The molecule has 2 atom stereocenters. The molecule has 0 N–H and O–H groups in total. The van der Waals surface area contributed by atoms with Crippen molar-refractivity contribution in [1.82, 2.24) is 0 Å². The highest BCUT2D eigenvalue weighted by Gasteiger charge is 2.47. The molecule has 148 valence electrons. The molecule has 2 heterocycles. The fourth-order valence-electron chi connectivity index (χ4n) is 3.77. The van der Waals surface area contributed by atoms with Gasteiger partial charge in [-0.2, -0.15) is 0 Å². The number of aryl methyl sites for hydroxylation is 2. The summed E-state index contributed by atoms with van der Waals surface area (Å²) in [6, 6.07) is 11.5. The van der Waals surface area contributed by atoms with Gasteiger partial charge in [0.15, 0.2) is 15.0 Å². The molecule has 0 radical (unpaired) electrons. The molecule has 0 amide bonds. The Morgan fingerprint density at radius 1 is 1.11 bits per heavy atom. The molecule has 1 fully saturated rings. The van der Waals surface area contributed by atoms with Crippen molar-refractivity contribution in [3.05, 3.63) is 63.1 Å². The Balaban J connectivity index is 1.64. The van der Waals surface area contributed by atoms with E-state index in [4.69, 9.17) is 28.2 Å². The van der Waals surface area contributed by atoms with Crippen LogP contribution in [0.4, 0.5) is 5.69 Å². The van der Waals surface area contributed by atoms with Crippen molar-refractivity contribution in [3.8, 4) is 0 Å². The number of halogens is 2. The van der Waals surface area contributed by atoms with Gasteiger partial charge in [0, 0.05) is 11.4 Å². The third kappa shape index (κ3) is 3.92. The van der Waals surface area contributed by atoms with Gasteiger partial charge in [-0.15, -0.1) is 0 Å². The average molecular weight is 455 g/mol. The Morgan fingerprint density at radius 2 is 1.89 bits per heavy atom. The Morgan fingerprint density at radius 3 is 2.61 bits per heavy atom. The predicted molar refractivity (Wildman–Crippen MR) is 120 cm³/mol. The molecule has 28 heavy (non-hydrogen) atoms. The lowest BCUT2D eigenvalue weighted by molar-refractivity contribution is 0.601. The Kier molecular flexibility index (Phi) is 5.42. The van der Waals surface area contributed by atoms with Crippen molar-refractivity contribution in [2.75, 3.05) is 16.4 Å². The minimum absolute atomic E-state index is 0.121. The normalized spacial score (nSPS) is 23.0. The highest BCUT2D eigenvalue weighted by atomic mass is 35.5. The number of rotatable bonds is 3. The van der Waals surface area contributed by atoms with Crippen LogP contribution in [0.5, 0.6) is 0 Å². The Hall–Kier alpha value is -1.21. The lowest BCUT2D eigenvalue weighted by Gasteiger charge is -2.28. The number of thioether (sulfide) groups is 1. The molecule has 2 aliphatic rings. The fraction of sp³-hybridized carbons (Fsp3) is 0.350. The average Bonchev–Trinajstić information content (AvgIpc) is 3.08.